The van der Waals surface area contributed by atoms with Gasteiger partial charge in [0.25, 0.3) is 0 Å². The van der Waals surface area contributed by atoms with Crippen molar-refractivity contribution in [3.63, 3.8) is 0 Å². The van der Waals surface area contributed by atoms with Crippen molar-refractivity contribution in [3.8, 4) is 22.6 Å². The van der Waals surface area contributed by atoms with Crippen LogP contribution >= 0.6 is 7.60 Å². The van der Waals surface area contributed by atoms with E-state index in [0.29, 0.717) is 11.5 Å². The van der Waals surface area contributed by atoms with Gasteiger partial charge in [-0.25, -0.2) is 4.57 Å². The minimum atomic E-state index is -3.28. The van der Waals surface area contributed by atoms with E-state index < -0.39 is 7.60 Å². The van der Waals surface area contributed by atoms with Crippen molar-refractivity contribution in [2.24, 2.45) is 0 Å². The van der Waals surface area contributed by atoms with Crippen LogP contribution in [-0.4, -0.2) is 12.8 Å². The van der Waals surface area contributed by atoms with Crippen LogP contribution in [0.3, 0.4) is 0 Å². The monoisotopic (exact) mass is 440 g/mol. The molecule has 1 saturated carbocycles. The Balaban J connectivity index is 1.82. The lowest BCUT2D eigenvalue weighted by Crippen LogP contribution is -2.12. The smallest absolute Gasteiger partial charge is 0.381 e. The number of ether oxygens (including phenoxy) is 1. The summed E-state index contributed by atoms with van der Waals surface area (Å²) in [5.74, 6) is 1.95. The molecule has 1 heterocycles. The third kappa shape index (κ3) is 4.47. The molecular weight excluding hydrogens is 407 g/mol. The number of benzene rings is 2. The normalized spacial score (nSPS) is 17.6. The molecule has 2 aromatic rings. The van der Waals surface area contributed by atoms with Gasteiger partial charge in [-0.3, -0.25) is 0 Å². The van der Waals surface area contributed by atoms with Gasteiger partial charge in [0, 0.05) is 18.2 Å². The predicted octanol–water partition coefficient (Wildman–Crippen LogP) is 7.92. The first-order valence-electron chi connectivity index (χ1n) is 11.4. The minimum Gasteiger partial charge on any atom is -0.457 e. The maximum atomic E-state index is 13.8. The standard InChI is InChI=1S/C26H33O4P/c1-5-6-7-10-20-16-24-26(23-15-18(2)13-14-22(23)19(3)29-24)25(17-20)30-31(27,28-4)21-11-8-9-12-21/h13-17,21H,3,5-12H2,1-2,4H3. The molecular formula is C26H33O4P. The number of hydrogen-bond donors (Lipinski definition) is 0. The first kappa shape index (κ1) is 22.2. The Hall–Kier alpha value is -2.03. The number of rotatable bonds is 8. The van der Waals surface area contributed by atoms with Crippen LogP contribution in [0, 0.1) is 6.92 Å². The molecule has 0 saturated heterocycles. The van der Waals surface area contributed by atoms with Gasteiger partial charge in [-0.15, -0.1) is 0 Å². The third-order valence-electron chi connectivity index (χ3n) is 6.42. The van der Waals surface area contributed by atoms with Gasteiger partial charge in [0.15, 0.2) is 0 Å². The molecule has 0 spiro atoms. The molecule has 1 aliphatic heterocycles. The zero-order valence-corrected chi connectivity index (χ0v) is 19.8. The molecule has 0 amide bonds. The van der Waals surface area contributed by atoms with Gasteiger partial charge >= 0.3 is 7.60 Å². The average Bonchev–Trinajstić information content (AvgIpc) is 3.29. The first-order chi connectivity index (χ1) is 14.9. The van der Waals surface area contributed by atoms with Gasteiger partial charge in [0.1, 0.15) is 17.3 Å². The summed E-state index contributed by atoms with van der Waals surface area (Å²) in [7, 11) is -1.78. The Morgan fingerprint density at radius 3 is 2.61 bits per heavy atom. The van der Waals surface area contributed by atoms with E-state index >= 15 is 0 Å². The topological polar surface area (TPSA) is 44.8 Å². The fourth-order valence-electron chi connectivity index (χ4n) is 4.70. The quantitative estimate of drug-likeness (QED) is 0.309. The van der Waals surface area contributed by atoms with Crippen molar-refractivity contribution in [2.45, 2.75) is 70.9 Å². The van der Waals surface area contributed by atoms with E-state index in [1.807, 2.05) is 12.1 Å². The van der Waals surface area contributed by atoms with Crippen LogP contribution in [0.4, 0.5) is 0 Å². The lowest BCUT2D eigenvalue weighted by atomic mass is 9.91. The molecule has 0 radical (unpaired) electrons. The highest BCUT2D eigenvalue weighted by atomic mass is 31.2. The van der Waals surface area contributed by atoms with E-state index in [4.69, 9.17) is 13.8 Å². The number of unbranched alkanes of at least 4 members (excludes halogenated alkanes) is 2. The number of fused-ring (bicyclic) bond motifs is 3. The Bertz CT molecular complexity index is 1020. The fourth-order valence-corrected chi connectivity index (χ4v) is 6.64. The fraction of sp³-hybridized carbons (Fsp3) is 0.462. The van der Waals surface area contributed by atoms with E-state index in [0.717, 1.165) is 78.5 Å². The van der Waals surface area contributed by atoms with Crippen LogP contribution in [0.25, 0.3) is 16.9 Å². The molecule has 4 rings (SSSR count). The predicted molar refractivity (Wildman–Crippen MR) is 127 cm³/mol. The maximum Gasteiger partial charge on any atom is 0.381 e. The summed E-state index contributed by atoms with van der Waals surface area (Å²) in [5.41, 5.74) is 5.02. The molecule has 5 heteroatoms. The second kappa shape index (κ2) is 9.22. The van der Waals surface area contributed by atoms with Crippen LogP contribution in [0.15, 0.2) is 36.9 Å². The molecule has 2 aromatic carbocycles. The Labute approximate surface area is 186 Å². The van der Waals surface area contributed by atoms with Gasteiger partial charge in [-0.1, -0.05) is 62.9 Å². The lowest BCUT2D eigenvalue weighted by Gasteiger charge is -2.28. The lowest BCUT2D eigenvalue weighted by molar-refractivity contribution is 0.310. The first-order valence-corrected chi connectivity index (χ1v) is 13.1. The van der Waals surface area contributed by atoms with Crippen LogP contribution in [0.1, 0.15) is 68.6 Å². The Morgan fingerprint density at radius 1 is 1.13 bits per heavy atom. The van der Waals surface area contributed by atoms with E-state index in [1.165, 1.54) is 13.5 Å². The Morgan fingerprint density at radius 2 is 1.90 bits per heavy atom. The largest absolute Gasteiger partial charge is 0.457 e. The molecule has 1 unspecified atom stereocenters. The van der Waals surface area contributed by atoms with Gasteiger partial charge in [0.05, 0.1) is 11.2 Å². The summed E-state index contributed by atoms with van der Waals surface area (Å²) < 4.78 is 31.8. The Kier molecular flexibility index (Phi) is 6.60. The molecule has 1 aliphatic carbocycles. The zero-order chi connectivity index (χ0) is 22.0. The highest BCUT2D eigenvalue weighted by Gasteiger charge is 2.39. The summed E-state index contributed by atoms with van der Waals surface area (Å²) in [6.45, 7) is 8.39. The van der Waals surface area contributed by atoms with Crippen LogP contribution in [0.2, 0.25) is 0 Å². The summed E-state index contributed by atoms with van der Waals surface area (Å²) in [6.07, 6.45) is 8.25. The highest BCUT2D eigenvalue weighted by molar-refractivity contribution is 7.55. The molecule has 31 heavy (non-hydrogen) atoms. The molecule has 0 bridgehead atoms. The highest BCUT2D eigenvalue weighted by Crippen LogP contribution is 2.60. The minimum absolute atomic E-state index is 0.0478. The van der Waals surface area contributed by atoms with Crippen LogP contribution < -0.4 is 9.26 Å². The van der Waals surface area contributed by atoms with Gasteiger partial charge < -0.3 is 13.8 Å². The molecule has 1 atom stereocenters. The van der Waals surface area contributed by atoms with Crippen molar-refractivity contribution in [3.05, 3.63) is 53.6 Å². The van der Waals surface area contributed by atoms with E-state index in [-0.39, 0.29) is 5.66 Å². The molecule has 2 aliphatic rings. The number of aryl methyl sites for hydroxylation is 2. The summed E-state index contributed by atoms with van der Waals surface area (Å²) in [6, 6.07) is 10.3. The van der Waals surface area contributed by atoms with Crippen molar-refractivity contribution in [1.29, 1.82) is 0 Å². The summed E-state index contributed by atoms with van der Waals surface area (Å²) in [5, 5.41) is 0. The van der Waals surface area contributed by atoms with Gasteiger partial charge in [-0.2, -0.15) is 0 Å². The van der Waals surface area contributed by atoms with Crippen LogP contribution in [-0.2, 0) is 15.5 Å². The summed E-state index contributed by atoms with van der Waals surface area (Å²) in [4.78, 5) is 0. The maximum absolute atomic E-state index is 13.8. The second-order valence-electron chi connectivity index (χ2n) is 8.75. The molecule has 0 N–H and O–H groups in total. The van der Waals surface area contributed by atoms with E-state index in [9.17, 15) is 4.57 Å². The molecule has 0 aromatic heterocycles. The van der Waals surface area contributed by atoms with Crippen molar-refractivity contribution < 1.29 is 18.3 Å². The number of hydrogen-bond acceptors (Lipinski definition) is 4. The average molecular weight is 441 g/mol. The van der Waals surface area contributed by atoms with Gasteiger partial charge in [-0.05, 0) is 50.3 Å². The third-order valence-corrected chi connectivity index (χ3v) is 8.80. The zero-order valence-electron chi connectivity index (χ0n) is 18.9. The van der Waals surface area contributed by atoms with Crippen molar-refractivity contribution in [2.75, 3.05) is 7.11 Å². The molecule has 1 fully saturated rings. The van der Waals surface area contributed by atoms with Crippen molar-refractivity contribution >= 4 is 13.4 Å². The molecule has 4 nitrogen and oxygen atoms in total. The molecule has 166 valence electrons. The SMILES string of the molecule is C=C1Oc2cc(CCCCC)cc(OP(=O)(OC)C3CCCC3)c2-c2cc(C)ccc21. The van der Waals surface area contributed by atoms with E-state index in [1.54, 1.807) is 0 Å². The van der Waals surface area contributed by atoms with E-state index in [2.05, 4.69) is 38.6 Å². The summed E-state index contributed by atoms with van der Waals surface area (Å²) >= 11 is 0. The van der Waals surface area contributed by atoms with Crippen LogP contribution in [0.5, 0.6) is 11.5 Å². The second-order valence-corrected chi connectivity index (χ2v) is 11.1. The van der Waals surface area contributed by atoms with Gasteiger partial charge in [0.2, 0.25) is 0 Å². The van der Waals surface area contributed by atoms with Crippen molar-refractivity contribution in [1.82, 2.24) is 0 Å².